The van der Waals surface area contributed by atoms with Gasteiger partial charge in [0.2, 0.25) is 4.80 Å². The smallest absolute Gasteiger partial charge is 0.211 e. The molecular weight excluding hydrogens is 444 g/mol. The second kappa shape index (κ2) is 9.79. The van der Waals surface area contributed by atoms with E-state index in [9.17, 15) is 8.78 Å². The molecule has 0 amide bonds. The van der Waals surface area contributed by atoms with E-state index in [0.29, 0.717) is 27.7 Å². The zero-order valence-corrected chi connectivity index (χ0v) is 19.1. The number of rotatable bonds is 6. The van der Waals surface area contributed by atoms with E-state index in [1.165, 1.54) is 29.5 Å². The highest BCUT2D eigenvalue weighted by Gasteiger charge is 2.13. The molecule has 0 aliphatic carbocycles. The molecule has 0 radical (unpaired) electrons. The molecule has 1 aromatic heterocycles. The average Bonchev–Trinajstić information content (AvgIpc) is 3.22. The Labute approximate surface area is 193 Å². The molecule has 0 unspecified atom stereocenters. The first-order valence-electron chi connectivity index (χ1n) is 10.0. The summed E-state index contributed by atoms with van der Waals surface area (Å²) in [6.45, 7) is 1.84. The number of para-hydroxylation sites is 1. The first-order valence-corrected chi connectivity index (χ1v) is 10.9. The second-order valence-electron chi connectivity index (χ2n) is 7.04. The maximum absolute atomic E-state index is 14.3. The molecule has 0 fully saturated rings. The number of nitrogens with zero attached hydrogens (tertiary/aromatic N) is 3. The van der Waals surface area contributed by atoms with Crippen LogP contribution in [0.4, 0.5) is 14.5 Å². The second-order valence-corrected chi connectivity index (χ2v) is 7.87. The largest absolute Gasteiger partial charge is 0.497 e. The Morgan fingerprint density at radius 3 is 2.39 bits per heavy atom. The van der Waals surface area contributed by atoms with Crippen molar-refractivity contribution in [3.63, 3.8) is 0 Å². The fourth-order valence-electron chi connectivity index (χ4n) is 3.24. The molecule has 5 nitrogen and oxygen atoms in total. The summed E-state index contributed by atoms with van der Waals surface area (Å²) in [5.41, 5.74) is 3.00. The van der Waals surface area contributed by atoms with Gasteiger partial charge in [0.15, 0.2) is 0 Å². The van der Waals surface area contributed by atoms with Gasteiger partial charge in [-0.05, 0) is 61.5 Å². The third-order valence-corrected chi connectivity index (χ3v) is 5.76. The van der Waals surface area contributed by atoms with Crippen molar-refractivity contribution in [2.75, 3.05) is 14.2 Å². The minimum atomic E-state index is -0.434. The van der Waals surface area contributed by atoms with Gasteiger partial charge in [0.05, 0.1) is 25.6 Å². The molecular formula is C25H21F2N3O2S. The molecule has 8 heteroatoms. The van der Waals surface area contributed by atoms with Crippen molar-refractivity contribution < 1.29 is 18.3 Å². The van der Waals surface area contributed by atoms with Gasteiger partial charge < -0.3 is 9.47 Å². The van der Waals surface area contributed by atoms with E-state index < -0.39 is 5.82 Å². The molecule has 0 N–H and O–H groups in total. The topological polar surface area (TPSA) is 48.1 Å². The number of benzene rings is 3. The standard InChI is InChI=1S/C25H21F2N3O2S/c1-16(20-14-19(31-2)12-13-24(20)32-3)29-30-23(17-8-10-18(26)11-9-17)15-33-25(30)28-22-7-5-4-6-21(22)27/h4-15H,1-3H3/b28-25?,29-16-. The number of hydrogen-bond donors (Lipinski definition) is 0. The third-order valence-electron chi connectivity index (χ3n) is 4.94. The highest BCUT2D eigenvalue weighted by Crippen LogP contribution is 2.26. The van der Waals surface area contributed by atoms with Gasteiger partial charge in [-0.1, -0.05) is 12.1 Å². The Bertz CT molecular complexity index is 1380. The van der Waals surface area contributed by atoms with Crippen LogP contribution in [0.5, 0.6) is 11.5 Å². The number of methoxy groups -OCH3 is 2. The number of halogens is 2. The molecule has 0 spiro atoms. The lowest BCUT2D eigenvalue weighted by atomic mass is 10.1. The Hall–Kier alpha value is -3.78. The zero-order valence-electron chi connectivity index (χ0n) is 18.3. The average molecular weight is 466 g/mol. The Balaban J connectivity index is 1.93. The van der Waals surface area contributed by atoms with Crippen LogP contribution < -0.4 is 14.3 Å². The van der Waals surface area contributed by atoms with Gasteiger partial charge in [0, 0.05) is 16.5 Å². The fourth-order valence-corrected chi connectivity index (χ4v) is 4.08. The Kier molecular flexibility index (Phi) is 6.65. The van der Waals surface area contributed by atoms with Gasteiger partial charge >= 0.3 is 0 Å². The van der Waals surface area contributed by atoms with E-state index in [-0.39, 0.29) is 11.5 Å². The first kappa shape index (κ1) is 22.4. The quantitative estimate of drug-likeness (QED) is 0.327. The lowest BCUT2D eigenvalue weighted by molar-refractivity contribution is 0.402. The summed E-state index contributed by atoms with van der Waals surface area (Å²) in [5.74, 6) is 0.517. The van der Waals surface area contributed by atoms with Gasteiger partial charge in [-0.2, -0.15) is 5.10 Å². The normalized spacial score (nSPS) is 12.2. The van der Waals surface area contributed by atoms with E-state index in [0.717, 1.165) is 11.1 Å². The van der Waals surface area contributed by atoms with Crippen molar-refractivity contribution in [1.29, 1.82) is 0 Å². The van der Waals surface area contributed by atoms with Crippen LogP contribution in [0.25, 0.3) is 11.3 Å². The van der Waals surface area contributed by atoms with Gasteiger partial charge in [0.1, 0.15) is 28.8 Å². The van der Waals surface area contributed by atoms with Crippen LogP contribution in [-0.4, -0.2) is 24.6 Å². The van der Waals surface area contributed by atoms with E-state index in [4.69, 9.17) is 14.6 Å². The monoisotopic (exact) mass is 465 g/mol. The molecule has 0 bridgehead atoms. The Morgan fingerprint density at radius 2 is 1.70 bits per heavy atom. The number of hydrogen-bond acceptors (Lipinski definition) is 5. The van der Waals surface area contributed by atoms with Crippen LogP contribution in [0.15, 0.2) is 82.2 Å². The summed E-state index contributed by atoms with van der Waals surface area (Å²) < 4.78 is 40.3. The Morgan fingerprint density at radius 1 is 0.939 bits per heavy atom. The van der Waals surface area contributed by atoms with Crippen molar-refractivity contribution in [2.24, 2.45) is 10.1 Å². The van der Waals surface area contributed by atoms with Gasteiger partial charge in [-0.25, -0.2) is 18.4 Å². The van der Waals surface area contributed by atoms with Gasteiger partial charge in [-0.3, -0.25) is 0 Å². The van der Waals surface area contributed by atoms with Crippen LogP contribution in [0, 0.1) is 11.6 Å². The van der Waals surface area contributed by atoms with Crippen molar-refractivity contribution in [3.8, 4) is 22.8 Å². The van der Waals surface area contributed by atoms with Crippen LogP contribution >= 0.6 is 11.3 Å². The van der Waals surface area contributed by atoms with Gasteiger partial charge in [0.25, 0.3) is 0 Å². The fraction of sp³-hybridized carbons (Fsp3) is 0.120. The molecule has 168 valence electrons. The zero-order chi connectivity index (χ0) is 23.4. The van der Waals surface area contributed by atoms with Crippen molar-refractivity contribution >= 4 is 22.7 Å². The van der Waals surface area contributed by atoms with Crippen LogP contribution in [0.1, 0.15) is 12.5 Å². The van der Waals surface area contributed by atoms with Crippen molar-refractivity contribution in [2.45, 2.75) is 6.92 Å². The summed E-state index contributed by atoms with van der Waals surface area (Å²) >= 11 is 1.31. The molecule has 4 aromatic rings. The first-order chi connectivity index (χ1) is 16.0. The van der Waals surface area contributed by atoms with Crippen LogP contribution in [0.2, 0.25) is 0 Å². The molecule has 0 aliphatic heterocycles. The minimum Gasteiger partial charge on any atom is -0.497 e. The van der Waals surface area contributed by atoms with Crippen LogP contribution in [-0.2, 0) is 0 Å². The minimum absolute atomic E-state index is 0.200. The molecule has 33 heavy (non-hydrogen) atoms. The summed E-state index contributed by atoms with van der Waals surface area (Å²) in [6, 6.07) is 17.8. The van der Waals surface area contributed by atoms with Gasteiger partial charge in [-0.15, -0.1) is 11.3 Å². The summed E-state index contributed by atoms with van der Waals surface area (Å²) in [7, 11) is 3.17. The van der Waals surface area contributed by atoms with Crippen LogP contribution in [0.3, 0.4) is 0 Å². The maximum Gasteiger partial charge on any atom is 0.211 e. The van der Waals surface area contributed by atoms with Crippen molar-refractivity contribution in [3.05, 3.63) is 94.1 Å². The number of thiazole rings is 1. The molecule has 1 heterocycles. The highest BCUT2D eigenvalue weighted by atomic mass is 32.1. The van der Waals surface area contributed by atoms with Crippen molar-refractivity contribution in [1.82, 2.24) is 4.68 Å². The van der Waals surface area contributed by atoms with E-state index in [1.807, 2.05) is 18.4 Å². The predicted molar refractivity (Wildman–Crippen MR) is 126 cm³/mol. The lowest BCUT2D eigenvalue weighted by Crippen LogP contribution is -2.14. The molecule has 0 saturated heterocycles. The van der Waals surface area contributed by atoms with E-state index >= 15 is 0 Å². The molecule has 0 atom stereocenters. The third kappa shape index (κ3) is 4.85. The summed E-state index contributed by atoms with van der Waals surface area (Å²) in [5, 5.41) is 6.65. The SMILES string of the molecule is COc1ccc(OC)c(/C(C)=N\n2c(-c3ccc(F)cc3)csc2=Nc2ccccc2F)c1. The van der Waals surface area contributed by atoms with E-state index in [2.05, 4.69) is 4.99 Å². The number of aromatic nitrogens is 1. The summed E-state index contributed by atoms with van der Waals surface area (Å²) in [6.07, 6.45) is 0. The molecule has 4 rings (SSSR count). The highest BCUT2D eigenvalue weighted by molar-refractivity contribution is 7.07. The molecule has 3 aromatic carbocycles. The maximum atomic E-state index is 14.3. The number of ether oxygens (including phenoxy) is 2. The lowest BCUT2D eigenvalue weighted by Gasteiger charge is -2.11. The van der Waals surface area contributed by atoms with E-state index in [1.54, 1.807) is 61.4 Å². The summed E-state index contributed by atoms with van der Waals surface area (Å²) in [4.78, 5) is 4.96. The predicted octanol–water partition coefficient (Wildman–Crippen LogP) is 6.02. The molecule has 0 saturated carbocycles. The molecule has 0 aliphatic rings.